The zero-order valence-corrected chi connectivity index (χ0v) is 20.2. The summed E-state index contributed by atoms with van der Waals surface area (Å²) in [7, 11) is 0. The molecule has 0 aromatic heterocycles. The fraction of sp³-hybridized carbons (Fsp3) is 0.0714. The minimum Gasteiger partial charge on any atom is -0.258 e. The molecule has 36 heavy (non-hydrogen) atoms. The van der Waals surface area contributed by atoms with Gasteiger partial charge in [-0.25, -0.2) is 10.0 Å². The van der Waals surface area contributed by atoms with E-state index in [4.69, 9.17) is 10.2 Å². The molecule has 176 valence electrons. The van der Waals surface area contributed by atoms with Gasteiger partial charge in [-0.1, -0.05) is 72.8 Å². The maximum atomic E-state index is 11.3. The fourth-order valence-electron chi connectivity index (χ4n) is 4.57. The monoisotopic (exact) mass is 491 g/mol. The van der Waals surface area contributed by atoms with Crippen LogP contribution in [-0.2, 0) is 4.99 Å². The number of hydrogen-bond donors (Lipinski definition) is 0. The SMILES string of the molecule is CC1=NN(c2ccccc2)[C@@]2(SC(c3ccccc3)=NN2c2ccc([N+](=O)[O-])cc2)c2ccccc21. The fourth-order valence-corrected chi connectivity index (χ4v) is 5.97. The van der Waals surface area contributed by atoms with Gasteiger partial charge in [0.1, 0.15) is 5.04 Å². The van der Waals surface area contributed by atoms with Crippen molar-refractivity contribution in [2.45, 2.75) is 11.9 Å². The summed E-state index contributed by atoms with van der Waals surface area (Å²) in [5.74, 6) is 0. The van der Waals surface area contributed by atoms with Crippen LogP contribution in [0.2, 0.25) is 0 Å². The summed E-state index contributed by atoms with van der Waals surface area (Å²) in [6.07, 6.45) is 0. The van der Waals surface area contributed by atoms with Crippen LogP contribution in [0, 0.1) is 10.1 Å². The van der Waals surface area contributed by atoms with E-state index in [1.807, 2.05) is 89.7 Å². The summed E-state index contributed by atoms with van der Waals surface area (Å²) in [5, 5.41) is 26.3. The van der Waals surface area contributed by atoms with Gasteiger partial charge in [-0.2, -0.15) is 10.2 Å². The van der Waals surface area contributed by atoms with Gasteiger partial charge in [-0.3, -0.25) is 10.1 Å². The maximum absolute atomic E-state index is 11.3. The highest BCUT2D eigenvalue weighted by Gasteiger charge is 2.55. The highest BCUT2D eigenvalue weighted by atomic mass is 32.2. The molecule has 0 amide bonds. The molecule has 2 heterocycles. The number of nitrogens with zero attached hydrogens (tertiary/aromatic N) is 5. The summed E-state index contributed by atoms with van der Waals surface area (Å²) in [6.45, 7) is 2.01. The molecule has 0 aliphatic carbocycles. The van der Waals surface area contributed by atoms with Gasteiger partial charge in [0.25, 0.3) is 5.69 Å². The van der Waals surface area contributed by atoms with Crippen LogP contribution in [0.4, 0.5) is 17.1 Å². The van der Waals surface area contributed by atoms with E-state index >= 15 is 0 Å². The molecule has 8 heteroatoms. The number of nitro groups is 1. The maximum Gasteiger partial charge on any atom is 0.269 e. The van der Waals surface area contributed by atoms with Crippen molar-refractivity contribution in [3.63, 3.8) is 0 Å². The van der Waals surface area contributed by atoms with Gasteiger partial charge in [0.2, 0.25) is 4.99 Å². The van der Waals surface area contributed by atoms with E-state index in [9.17, 15) is 10.1 Å². The first kappa shape index (κ1) is 22.1. The van der Waals surface area contributed by atoms with Crippen molar-refractivity contribution in [2.75, 3.05) is 10.0 Å². The Morgan fingerprint density at radius 3 is 2.03 bits per heavy atom. The molecule has 4 aromatic rings. The van der Waals surface area contributed by atoms with Crippen LogP contribution < -0.4 is 10.0 Å². The lowest BCUT2D eigenvalue weighted by Gasteiger charge is -2.46. The second-order valence-corrected chi connectivity index (χ2v) is 9.61. The molecular formula is C28H21N5O2S. The Labute approximate surface area is 212 Å². The number of hydrazone groups is 2. The first-order valence-electron chi connectivity index (χ1n) is 11.5. The number of fused-ring (bicyclic) bond motifs is 2. The smallest absolute Gasteiger partial charge is 0.258 e. The first-order chi connectivity index (χ1) is 17.6. The van der Waals surface area contributed by atoms with Crippen molar-refractivity contribution in [1.29, 1.82) is 0 Å². The van der Waals surface area contributed by atoms with Gasteiger partial charge >= 0.3 is 0 Å². The van der Waals surface area contributed by atoms with Gasteiger partial charge < -0.3 is 0 Å². The van der Waals surface area contributed by atoms with Crippen LogP contribution in [0.15, 0.2) is 119 Å². The van der Waals surface area contributed by atoms with Crippen LogP contribution >= 0.6 is 11.8 Å². The summed E-state index contributed by atoms with van der Waals surface area (Å²) >= 11 is 1.61. The zero-order valence-electron chi connectivity index (χ0n) is 19.4. The molecule has 0 bridgehead atoms. The van der Waals surface area contributed by atoms with Crippen molar-refractivity contribution in [1.82, 2.24) is 0 Å². The quantitative estimate of drug-likeness (QED) is 0.239. The predicted octanol–water partition coefficient (Wildman–Crippen LogP) is 6.56. The minimum atomic E-state index is -0.890. The van der Waals surface area contributed by atoms with E-state index in [0.29, 0.717) is 0 Å². The number of rotatable bonds is 4. The molecule has 0 saturated carbocycles. The number of non-ortho nitro benzene ring substituents is 1. The minimum absolute atomic E-state index is 0.0322. The largest absolute Gasteiger partial charge is 0.269 e. The molecule has 1 atom stereocenters. The van der Waals surface area contributed by atoms with Crippen molar-refractivity contribution in [2.24, 2.45) is 10.2 Å². The number of anilines is 2. The summed E-state index contributed by atoms with van der Waals surface area (Å²) in [6, 6.07) is 34.8. The normalized spacial score (nSPS) is 18.6. The zero-order chi connectivity index (χ0) is 24.7. The molecule has 0 fully saturated rings. The standard InChI is InChI=1S/C28H21N5O2S/c1-20-25-14-8-9-15-26(25)28(31(29-20)22-12-6-3-7-13-22)32(23-16-18-24(19-17-23)33(34)35)30-27(36-28)21-10-4-2-5-11-21/h2-19H,1H3/t28-/m0/s1. The number of hydrogen-bond acceptors (Lipinski definition) is 7. The van der Waals surface area contributed by atoms with Crippen LogP contribution in [0.1, 0.15) is 23.6 Å². The molecule has 6 rings (SSSR count). The molecule has 0 N–H and O–H groups in total. The molecule has 1 spiro atoms. The Hall–Kier alpha value is -4.43. The molecule has 7 nitrogen and oxygen atoms in total. The van der Waals surface area contributed by atoms with Crippen molar-refractivity contribution in [3.05, 3.63) is 136 Å². The molecule has 2 aliphatic heterocycles. The van der Waals surface area contributed by atoms with E-state index in [0.717, 1.165) is 38.8 Å². The van der Waals surface area contributed by atoms with Gasteiger partial charge in [0, 0.05) is 28.8 Å². The lowest BCUT2D eigenvalue weighted by atomic mass is 9.98. The van der Waals surface area contributed by atoms with E-state index in [2.05, 4.69) is 12.1 Å². The Balaban J connectivity index is 1.62. The predicted molar refractivity (Wildman–Crippen MR) is 145 cm³/mol. The number of para-hydroxylation sites is 1. The molecule has 0 unspecified atom stereocenters. The number of benzene rings is 4. The average molecular weight is 492 g/mol. The highest BCUT2D eigenvalue weighted by molar-refractivity contribution is 8.15. The van der Waals surface area contributed by atoms with Crippen LogP contribution in [0.25, 0.3) is 0 Å². The lowest BCUT2D eigenvalue weighted by molar-refractivity contribution is -0.384. The molecular weight excluding hydrogens is 470 g/mol. The summed E-state index contributed by atoms with van der Waals surface area (Å²) < 4.78 is 0. The van der Waals surface area contributed by atoms with Crippen molar-refractivity contribution in [3.8, 4) is 0 Å². The average Bonchev–Trinajstić information content (AvgIpc) is 3.33. The van der Waals surface area contributed by atoms with E-state index < -0.39 is 9.92 Å². The van der Waals surface area contributed by atoms with Crippen molar-refractivity contribution < 1.29 is 4.92 Å². The number of thioether (sulfide) groups is 1. The third-order valence-corrected chi connectivity index (χ3v) is 7.61. The van der Waals surface area contributed by atoms with Crippen LogP contribution in [-0.4, -0.2) is 15.7 Å². The topological polar surface area (TPSA) is 74.3 Å². The van der Waals surface area contributed by atoms with Crippen molar-refractivity contribution >= 4 is 39.6 Å². The lowest BCUT2D eigenvalue weighted by Crippen LogP contribution is -2.53. The molecule has 0 radical (unpaired) electrons. The molecule has 4 aromatic carbocycles. The van der Waals surface area contributed by atoms with Gasteiger partial charge in [0.15, 0.2) is 0 Å². The second kappa shape index (κ2) is 8.66. The third kappa shape index (κ3) is 3.46. The van der Waals surface area contributed by atoms with Crippen LogP contribution in [0.5, 0.6) is 0 Å². The molecule has 2 aliphatic rings. The summed E-state index contributed by atoms with van der Waals surface area (Å²) in [5.41, 5.74) is 5.64. The summed E-state index contributed by atoms with van der Waals surface area (Å²) in [4.78, 5) is 10.1. The van der Waals surface area contributed by atoms with E-state index in [1.165, 1.54) is 12.1 Å². The second-order valence-electron chi connectivity index (χ2n) is 8.45. The van der Waals surface area contributed by atoms with Gasteiger partial charge in [-0.05, 0) is 43.0 Å². The van der Waals surface area contributed by atoms with E-state index in [1.54, 1.807) is 23.9 Å². The Morgan fingerprint density at radius 2 is 1.33 bits per heavy atom. The number of nitro benzene ring substituents is 1. The van der Waals surface area contributed by atoms with Gasteiger partial charge in [-0.15, -0.1) is 0 Å². The Bertz CT molecular complexity index is 1510. The Kier molecular flexibility index (Phi) is 5.30. The van der Waals surface area contributed by atoms with E-state index in [-0.39, 0.29) is 5.69 Å². The van der Waals surface area contributed by atoms with Crippen LogP contribution in [0.3, 0.4) is 0 Å². The first-order valence-corrected chi connectivity index (χ1v) is 12.3. The van der Waals surface area contributed by atoms with Gasteiger partial charge in [0.05, 0.1) is 22.0 Å². The third-order valence-electron chi connectivity index (χ3n) is 6.25. The highest BCUT2D eigenvalue weighted by Crippen LogP contribution is 2.55. The Morgan fingerprint density at radius 1 is 0.750 bits per heavy atom. The molecule has 0 saturated heterocycles.